The maximum atomic E-state index is 10.9. The molecule has 2 aliphatic heterocycles. The number of hydrogen-bond acceptors (Lipinski definition) is 14. The SMILES string of the molecule is N[C@H]1[C@@H](O[C@@H]2[C@@H](O)[C@H](O[C@H]3OC[C@@H](O)[C@H](O)[C@H]3N)[C@@H](N)C[C@H]2N)O[C@H](CO)[C@@H](O)[C@@H]1O. The summed E-state index contributed by atoms with van der Waals surface area (Å²) in [6, 6.07) is -3.76. The monoisotopic (exact) mass is 454 g/mol. The highest BCUT2D eigenvalue weighted by Crippen LogP contribution is 2.30. The third kappa shape index (κ3) is 5.02. The fourth-order valence-electron chi connectivity index (χ4n) is 4.13. The minimum atomic E-state index is -1.44. The zero-order valence-corrected chi connectivity index (χ0v) is 16.8. The number of hydrogen-bond donors (Lipinski definition) is 10. The fourth-order valence-corrected chi connectivity index (χ4v) is 4.13. The molecule has 14 heteroatoms. The lowest BCUT2D eigenvalue weighted by Crippen LogP contribution is -2.68. The molecule has 31 heavy (non-hydrogen) atoms. The molecule has 0 aromatic heterocycles. The second-order valence-electron chi connectivity index (χ2n) is 8.38. The number of rotatable bonds is 5. The van der Waals surface area contributed by atoms with E-state index < -0.39 is 92.2 Å². The van der Waals surface area contributed by atoms with Crippen LogP contribution < -0.4 is 22.9 Å². The van der Waals surface area contributed by atoms with Gasteiger partial charge in [0.15, 0.2) is 12.6 Å². The molecule has 2 heterocycles. The Balaban J connectivity index is 1.70. The highest BCUT2D eigenvalue weighted by Gasteiger charge is 2.50. The van der Waals surface area contributed by atoms with Gasteiger partial charge in [0.25, 0.3) is 0 Å². The van der Waals surface area contributed by atoms with E-state index in [0.29, 0.717) is 0 Å². The fraction of sp³-hybridized carbons (Fsp3) is 1.00. The lowest BCUT2D eigenvalue weighted by atomic mass is 9.84. The Labute approximate surface area is 178 Å². The van der Waals surface area contributed by atoms with E-state index in [1.165, 1.54) is 0 Å². The molecular formula is C17H34N4O10. The van der Waals surface area contributed by atoms with Gasteiger partial charge in [-0.2, -0.15) is 0 Å². The molecule has 14 atom stereocenters. The first-order valence-electron chi connectivity index (χ1n) is 10.2. The lowest BCUT2D eigenvalue weighted by molar-refractivity contribution is -0.306. The number of nitrogens with two attached hydrogens (primary N) is 4. The molecule has 14 nitrogen and oxygen atoms in total. The van der Waals surface area contributed by atoms with E-state index >= 15 is 0 Å². The van der Waals surface area contributed by atoms with Gasteiger partial charge in [0.05, 0.1) is 25.3 Å². The Bertz CT molecular complexity index is 591. The third-order valence-corrected chi connectivity index (χ3v) is 6.11. The first kappa shape index (κ1) is 25.1. The average Bonchev–Trinajstić information content (AvgIpc) is 2.73. The zero-order valence-electron chi connectivity index (χ0n) is 16.8. The topological polar surface area (TPSA) is 262 Å². The molecule has 14 N–H and O–H groups in total. The molecule has 3 rings (SSSR count). The second-order valence-corrected chi connectivity index (χ2v) is 8.38. The minimum absolute atomic E-state index is 0.163. The summed E-state index contributed by atoms with van der Waals surface area (Å²) in [6.45, 7) is -0.809. The van der Waals surface area contributed by atoms with Gasteiger partial charge in [0, 0.05) is 12.1 Å². The van der Waals surface area contributed by atoms with E-state index in [1.54, 1.807) is 0 Å². The van der Waals surface area contributed by atoms with Crippen LogP contribution >= 0.6 is 0 Å². The predicted octanol–water partition coefficient (Wildman–Crippen LogP) is -6.65. The van der Waals surface area contributed by atoms with E-state index in [4.69, 9.17) is 41.9 Å². The van der Waals surface area contributed by atoms with Crippen molar-refractivity contribution in [3.05, 3.63) is 0 Å². The Morgan fingerprint density at radius 3 is 1.87 bits per heavy atom. The molecule has 0 spiro atoms. The highest BCUT2D eigenvalue weighted by atomic mass is 16.7. The summed E-state index contributed by atoms with van der Waals surface area (Å²) in [6.07, 6.45) is -12.3. The number of aliphatic hydroxyl groups excluding tert-OH is 6. The van der Waals surface area contributed by atoms with Crippen LogP contribution in [0.5, 0.6) is 0 Å². The van der Waals surface area contributed by atoms with Crippen molar-refractivity contribution in [2.24, 2.45) is 22.9 Å². The predicted molar refractivity (Wildman–Crippen MR) is 102 cm³/mol. The van der Waals surface area contributed by atoms with Gasteiger partial charge in [0.1, 0.15) is 48.8 Å². The van der Waals surface area contributed by atoms with Gasteiger partial charge in [-0.25, -0.2) is 0 Å². The van der Waals surface area contributed by atoms with Gasteiger partial charge < -0.3 is 72.5 Å². The molecule has 3 aliphatic rings. The average molecular weight is 454 g/mol. The Kier molecular flexibility index (Phi) is 8.21. The van der Waals surface area contributed by atoms with Gasteiger partial charge in [-0.05, 0) is 6.42 Å². The second kappa shape index (κ2) is 10.1. The summed E-state index contributed by atoms with van der Waals surface area (Å²) in [7, 11) is 0. The van der Waals surface area contributed by atoms with Gasteiger partial charge >= 0.3 is 0 Å². The highest BCUT2D eigenvalue weighted by molar-refractivity contribution is 5.01. The zero-order chi connectivity index (χ0) is 23.0. The molecule has 0 amide bonds. The quantitative estimate of drug-likeness (QED) is 0.185. The van der Waals surface area contributed by atoms with E-state index in [0.717, 1.165) is 0 Å². The van der Waals surface area contributed by atoms with Gasteiger partial charge in [-0.15, -0.1) is 0 Å². The molecule has 3 fully saturated rings. The lowest BCUT2D eigenvalue weighted by Gasteiger charge is -2.47. The van der Waals surface area contributed by atoms with Crippen LogP contribution in [0.2, 0.25) is 0 Å². The van der Waals surface area contributed by atoms with E-state index in [9.17, 15) is 30.6 Å². The van der Waals surface area contributed by atoms with E-state index in [2.05, 4.69) is 0 Å². The molecule has 1 aliphatic carbocycles. The first-order valence-corrected chi connectivity index (χ1v) is 10.2. The van der Waals surface area contributed by atoms with E-state index in [-0.39, 0.29) is 13.0 Å². The van der Waals surface area contributed by atoms with E-state index in [1.807, 2.05) is 0 Å². The summed E-state index contributed by atoms with van der Waals surface area (Å²) < 4.78 is 22.2. The minimum Gasteiger partial charge on any atom is -0.394 e. The number of ether oxygens (including phenoxy) is 4. The van der Waals surface area contributed by atoms with Crippen LogP contribution in [0.25, 0.3) is 0 Å². The Hall–Kier alpha value is -0.560. The molecule has 0 unspecified atom stereocenters. The van der Waals surface area contributed by atoms with Crippen LogP contribution in [0.3, 0.4) is 0 Å². The van der Waals surface area contributed by atoms with Crippen LogP contribution in [0.1, 0.15) is 6.42 Å². The molecule has 182 valence electrons. The summed E-state index contributed by atoms with van der Waals surface area (Å²) in [4.78, 5) is 0. The van der Waals surface area contributed by atoms with Crippen molar-refractivity contribution >= 4 is 0 Å². The smallest absolute Gasteiger partial charge is 0.176 e. The summed E-state index contributed by atoms with van der Waals surface area (Å²) >= 11 is 0. The van der Waals surface area contributed by atoms with Crippen molar-refractivity contribution in [1.82, 2.24) is 0 Å². The van der Waals surface area contributed by atoms with Crippen molar-refractivity contribution in [3.8, 4) is 0 Å². The molecule has 0 aromatic rings. The molecule has 1 saturated carbocycles. The van der Waals surface area contributed by atoms with Crippen molar-refractivity contribution < 1.29 is 49.6 Å². The van der Waals surface area contributed by atoms with Crippen LogP contribution in [0, 0.1) is 0 Å². The molecule has 2 saturated heterocycles. The maximum Gasteiger partial charge on any atom is 0.176 e. The van der Waals surface area contributed by atoms with Crippen LogP contribution in [0.4, 0.5) is 0 Å². The van der Waals surface area contributed by atoms with Crippen molar-refractivity contribution in [2.45, 2.75) is 92.0 Å². The van der Waals surface area contributed by atoms with Crippen molar-refractivity contribution in [1.29, 1.82) is 0 Å². The number of aliphatic hydroxyl groups is 6. The molecular weight excluding hydrogens is 420 g/mol. The van der Waals surface area contributed by atoms with Crippen molar-refractivity contribution in [2.75, 3.05) is 13.2 Å². The Morgan fingerprint density at radius 2 is 1.29 bits per heavy atom. The van der Waals surface area contributed by atoms with Crippen LogP contribution in [-0.2, 0) is 18.9 Å². The molecule has 0 bridgehead atoms. The first-order chi connectivity index (χ1) is 14.6. The third-order valence-electron chi connectivity index (χ3n) is 6.11. The molecule has 0 aromatic carbocycles. The van der Waals surface area contributed by atoms with Crippen LogP contribution in [-0.4, -0.2) is 129 Å². The molecule has 0 radical (unpaired) electrons. The van der Waals surface area contributed by atoms with Crippen LogP contribution in [0.15, 0.2) is 0 Å². The maximum absolute atomic E-state index is 10.9. The van der Waals surface area contributed by atoms with Gasteiger partial charge in [-0.3, -0.25) is 0 Å². The summed E-state index contributed by atoms with van der Waals surface area (Å²) in [5.74, 6) is 0. The standard InChI is InChI=1S/C17H34N4O10/c18-4-1-5(19)15(31-17-9(21)12(26)11(25)7(2-22)29-17)13(27)14(4)30-16-8(20)10(24)6(23)3-28-16/h4-17,22-27H,1-3,18-21H2/t4-,5+,6+,7+,8+,9+,10-,11+,12+,13-,14+,15-,16+,17+/m0/s1. The van der Waals surface area contributed by atoms with Crippen molar-refractivity contribution in [3.63, 3.8) is 0 Å². The normalized spacial score (nSPS) is 54.0. The summed E-state index contributed by atoms with van der Waals surface area (Å²) in [5, 5.41) is 59.8. The summed E-state index contributed by atoms with van der Waals surface area (Å²) in [5.41, 5.74) is 24.0. The van der Waals surface area contributed by atoms with Gasteiger partial charge in [0.2, 0.25) is 0 Å². The van der Waals surface area contributed by atoms with Gasteiger partial charge in [-0.1, -0.05) is 0 Å². The Morgan fingerprint density at radius 1 is 0.742 bits per heavy atom. The largest absolute Gasteiger partial charge is 0.394 e.